The van der Waals surface area contributed by atoms with Gasteiger partial charge < -0.3 is 24.7 Å². The lowest BCUT2D eigenvalue weighted by molar-refractivity contribution is -0.138. The Balaban J connectivity index is 1.69. The molecule has 3 heterocycles. The second-order valence-corrected chi connectivity index (χ2v) is 9.85. The summed E-state index contributed by atoms with van der Waals surface area (Å²) in [4.78, 5) is 43.9. The van der Waals surface area contributed by atoms with E-state index in [9.17, 15) is 14.4 Å². The maximum absolute atomic E-state index is 14.8. The average molecular weight is 498 g/mol. The number of amides is 1. The Hall–Kier alpha value is -4.33. The Kier molecular flexibility index (Phi) is 5.05. The summed E-state index contributed by atoms with van der Waals surface area (Å²) >= 11 is 0. The molecule has 1 saturated carbocycles. The number of carbonyl (C=O) groups excluding carboxylic acids is 2. The van der Waals surface area contributed by atoms with Gasteiger partial charge in [0.25, 0.3) is 5.56 Å². The number of hydrogen-bond acceptors (Lipinski definition) is 6. The summed E-state index contributed by atoms with van der Waals surface area (Å²) in [7, 11) is 1.22. The second-order valence-electron chi connectivity index (χ2n) is 9.85. The minimum absolute atomic E-state index is 0.0505. The van der Waals surface area contributed by atoms with Crippen LogP contribution in [0, 0.1) is 13.8 Å². The van der Waals surface area contributed by atoms with Crippen LogP contribution in [0.15, 0.2) is 70.8 Å². The molecule has 3 aromatic rings. The zero-order valence-electron chi connectivity index (χ0n) is 20.9. The molecule has 0 radical (unpaired) electrons. The van der Waals surface area contributed by atoms with Crippen LogP contribution in [-0.4, -0.2) is 23.6 Å². The Bertz CT molecular complexity index is 1580. The van der Waals surface area contributed by atoms with Crippen LogP contribution in [0.2, 0.25) is 0 Å². The molecule has 6 rings (SSSR count). The van der Waals surface area contributed by atoms with Crippen molar-refractivity contribution in [1.82, 2.24) is 4.57 Å². The Morgan fingerprint density at radius 1 is 1.11 bits per heavy atom. The first-order valence-corrected chi connectivity index (χ1v) is 12.3. The van der Waals surface area contributed by atoms with Gasteiger partial charge in [0, 0.05) is 29.1 Å². The van der Waals surface area contributed by atoms with E-state index in [0.29, 0.717) is 16.9 Å². The summed E-state index contributed by atoms with van der Waals surface area (Å²) in [5.74, 6) is -1.32. The van der Waals surface area contributed by atoms with E-state index in [1.54, 1.807) is 27.7 Å². The highest BCUT2D eigenvalue weighted by molar-refractivity contribution is 6.18. The van der Waals surface area contributed by atoms with E-state index in [1.165, 1.54) is 7.11 Å². The van der Waals surface area contributed by atoms with Gasteiger partial charge in [0.05, 0.1) is 19.2 Å². The molecule has 1 fully saturated rings. The number of pyridine rings is 1. The quantitative estimate of drug-likeness (QED) is 0.555. The highest BCUT2D eigenvalue weighted by Crippen LogP contribution is 2.55. The van der Waals surface area contributed by atoms with Crippen molar-refractivity contribution in [1.29, 1.82) is 0 Å². The molecular weight excluding hydrogens is 470 g/mol. The predicted octanol–water partition coefficient (Wildman–Crippen LogP) is 3.37. The van der Waals surface area contributed by atoms with Crippen LogP contribution in [0.5, 0.6) is 5.75 Å². The van der Waals surface area contributed by atoms with Crippen molar-refractivity contribution in [2.75, 3.05) is 12.0 Å². The normalized spacial score (nSPS) is 20.1. The molecule has 8 nitrogen and oxygen atoms in total. The van der Waals surface area contributed by atoms with Crippen LogP contribution in [0.4, 0.5) is 5.69 Å². The van der Waals surface area contributed by atoms with Crippen molar-refractivity contribution in [2.24, 2.45) is 5.73 Å². The summed E-state index contributed by atoms with van der Waals surface area (Å²) in [6, 6.07) is 16.8. The number of fused-ring (bicyclic) bond motifs is 4. The van der Waals surface area contributed by atoms with Gasteiger partial charge in [-0.1, -0.05) is 42.5 Å². The summed E-state index contributed by atoms with van der Waals surface area (Å²) in [6.07, 6.45) is 1.75. The molecule has 1 spiro atoms. The number of esters is 1. The van der Waals surface area contributed by atoms with Gasteiger partial charge in [0.1, 0.15) is 16.7 Å². The smallest absolute Gasteiger partial charge is 0.340 e. The zero-order chi connectivity index (χ0) is 26.1. The van der Waals surface area contributed by atoms with Crippen LogP contribution in [0.1, 0.15) is 46.8 Å². The van der Waals surface area contributed by atoms with Gasteiger partial charge in [-0.05, 0) is 43.9 Å². The number of carbonyl (C=O) groups is 2. The molecule has 2 aliphatic heterocycles. The third-order valence-electron chi connectivity index (χ3n) is 7.67. The largest absolute Gasteiger partial charge is 0.465 e. The first-order chi connectivity index (χ1) is 17.8. The molecule has 37 heavy (non-hydrogen) atoms. The highest BCUT2D eigenvalue weighted by atomic mass is 16.5. The van der Waals surface area contributed by atoms with E-state index in [0.717, 1.165) is 24.0 Å². The van der Waals surface area contributed by atoms with Gasteiger partial charge in [0.2, 0.25) is 11.8 Å². The van der Waals surface area contributed by atoms with Crippen molar-refractivity contribution in [3.05, 3.63) is 104 Å². The van der Waals surface area contributed by atoms with Gasteiger partial charge in [-0.25, -0.2) is 4.79 Å². The minimum Gasteiger partial charge on any atom is -0.465 e. The number of aromatic nitrogens is 1. The van der Waals surface area contributed by atoms with Crippen molar-refractivity contribution in [3.8, 4) is 5.75 Å². The number of methoxy groups -OCH3 is 1. The third-order valence-corrected chi connectivity index (χ3v) is 7.67. The molecule has 2 aromatic carbocycles. The van der Waals surface area contributed by atoms with Gasteiger partial charge in [0.15, 0.2) is 0 Å². The number of aryl methyl sites for hydroxylation is 2. The van der Waals surface area contributed by atoms with E-state index >= 15 is 0 Å². The van der Waals surface area contributed by atoms with Crippen molar-refractivity contribution in [2.45, 2.75) is 44.7 Å². The molecule has 1 amide bonds. The number of nitrogens with zero attached hydrogens (tertiary/aromatic N) is 2. The Morgan fingerprint density at radius 3 is 2.51 bits per heavy atom. The molecule has 0 saturated heterocycles. The molecule has 1 aromatic heterocycles. The van der Waals surface area contributed by atoms with Crippen molar-refractivity contribution in [3.63, 3.8) is 0 Å². The number of anilines is 1. The van der Waals surface area contributed by atoms with Crippen LogP contribution in [0.3, 0.4) is 0 Å². The maximum Gasteiger partial charge on any atom is 0.340 e. The summed E-state index contributed by atoms with van der Waals surface area (Å²) in [5, 5.41) is 0. The average Bonchev–Trinajstić information content (AvgIpc) is 3.68. The fourth-order valence-electron chi connectivity index (χ4n) is 5.82. The highest BCUT2D eigenvalue weighted by Gasteiger charge is 2.62. The van der Waals surface area contributed by atoms with Crippen molar-refractivity contribution < 1.29 is 19.1 Å². The maximum atomic E-state index is 14.8. The lowest BCUT2D eigenvalue weighted by Crippen LogP contribution is -2.52. The third kappa shape index (κ3) is 3.11. The van der Waals surface area contributed by atoms with E-state index in [1.807, 2.05) is 50.2 Å². The molecule has 0 bridgehead atoms. The molecule has 188 valence electrons. The lowest BCUT2D eigenvalue weighted by Gasteiger charge is -2.36. The summed E-state index contributed by atoms with van der Waals surface area (Å²) in [6.45, 7) is 4.08. The Morgan fingerprint density at radius 2 is 1.81 bits per heavy atom. The number of benzene rings is 2. The van der Waals surface area contributed by atoms with E-state index in [-0.39, 0.29) is 40.9 Å². The topological polar surface area (TPSA) is 104 Å². The standard InChI is InChI=1S/C29H27N3O5/c1-16-8-4-5-9-18(16)15-31-21-11-7-6-10-20(21)29(28(31)35)23-22(37-25(30)24(29)27(34)36-3)14-17(2)32(26(23)33)19-12-13-19/h4-11,14,19H,12-13,15,30H2,1-3H3. The zero-order valence-corrected chi connectivity index (χ0v) is 20.9. The number of para-hydroxylation sites is 1. The molecule has 1 unspecified atom stereocenters. The van der Waals surface area contributed by atoms with Crippen LogP contribution >= 0.6 is 0 Å². The summed E-state index contributed by atoms with van der Waals surface area (Å²) < 4.78 is 12.7. The minimum atomic E-state index is -1.80. The molecule has 3 aliphatic rings. The van der Waals surface area contributed by atoms with Gasteiger partial charge in [-0.15, -0.1) is 0 Å². The van der Waals surface area contributed by atoms with E-state index in [4.69, 9.17) is 15.2 Å². The molecular formula is C29H27N3O5. The first kappa shape index (κ1) is 23.1. The van der Waals surface area contributed by atoms with Crippen molar-refractivity contribution >= 4 is 17.6 Å². The lowest BCUT2D eigenvalue weighted by atomic mass is 9.68. The molecule has 1 aliphatic carbocycles. The van der Waals surface area contributed by atoms with Gasteiger partial charge in [-0.3, -0.25) is 9.59 Å². The number of ether oxygens (including phenoxy) is 2. The predicted molar refractivity (Wildman–Crippen MR) is 137 cm³/mol. The second kappa shape index (κ2) is 8.09. The summed E-state index contributed by atoms with van der Waals surface area (Å²) in [5.41, 5.74) is 7.93. The number of nitrogens with two attached hydrogens (primary N) is 1. The number of hydrogen-bond donors (Lipinski definition) is 1. The number of rotatable bonds is 4. The molecule has 1 atom stereocenters. The van der Waals surface area contributed by atoms with E-state index < -0.39 is 17.3 Å². The SMILES string of the molecule is COC(=O)C1=C(N)Oc2cc(C)n(C3CC3)c(=O)c2C12C(=O)N(Cc1ccccc1C)c1ccccc12. The van der Waals surface area contributed by atoms with Crippen LogP contribution < -0.4 is 20.9 Å². The van der Waals surface area contributed by atoms with Crippen LogP contribution in [-0.2, 0) is 26.3 Å². The monoisotopic (exact) mass is 497 g/mol. The van der Waals surface area contributed by atoms with Gasteiger partial charge >= 0.3 is 5.97 Å². The van der Waals surface area contributed by atoms with E-state index in [2.05, 4.69) is 0 Å². The fraction of sp³-hybridized carbons (Fsp3) is 0.276. The first-order valence-electron chi connectivity index (χ1n) is 12.3. The molecule has 8 heteroatoms. The van der Waals surface area contributed by atoms with Crippen LogP contribution in [0.25, 0.3) is 0 Å². The fourth-order valence-corrected chi connectivity index (χ4v) is 5.82. The molecule has 2 N–H and O–H groups in total. The Labute approximate surface area is 213 Å². The van der Waals surface area contributed by atoms with Gasteiger partial charge in [-0.2, -0.15) is 0 Å².